The average Bonchev–Trinajstić information content (AvgIpc) is 2.78. The van der Waals surface area contributed by atoms with Gasteiger partial charge in [-0.1, -0.05) is 43.1 Å². The van der Waals surface area contributed by atoms with E-state index in [0.717, 1.165) is 12.0 Å². The van der Waals surface area contributed by atoms with Gasteiger partial charge in [0, 0.05) is 51.1 Å². The number of nitrogens with one attached hydrogen (secondary N) is 3. The molecule has 0 spiro atoms. The fourth-order valence-corrected chi connectivity index (χ4v) is 2.76. The van der Waals surface area contributed by atoms with E-state index in [2.05, 4.69) is 33.0 Å². The number of hydrogen-bond acceptors (Lipinski definition) is 4. The minimum Gasteiger partial charge on any atom is -0.302 e. The Morgan fingerprint density at radius 3 is 2.53 bits per heavy atom. The molecule has 0 radical (unpaired) electrons. The fraction of sp³-hybridized carbons (Fsp3) is 0.167. The summed E-state index contributed by atoms with van der Waals surface area (Å²) < 4.78 is -0.227. The van der Waals surface area contributed by atoms with Crippen LogP contribution in [0.2, 0.25) is 0 Å². The Hall–Kier alpha value is -3.45. The molecule has 0 saturated carbocycles. The maximum atomic E-state index is 12.5. The first-order valence-electron chi connectivity index (χ1n) is 9.82. The lowest BCUT2D eigenvalue weighted by Crippen LogP contribution is -2.42. The summed E-state index contributed by atoms with van der Waals surface area (Å²) >= 11 is 1.63. The molecular formula is C24H23IN4O3. The summed E-state index contributed by atoms with van der Waals surface area (Å²) in [5.41, 5.74) is 7.91. The number of halogens is 1. The van der Waals surface area contributed by atoms with Gasteiger partial charge in [0.1, 0.15) is 5.82 Å². The number of anilines is 1. The van der Waals surface area contributed by atoms with Crippen LogP contribution in [0.4, 0.5) is 10.6 Å². The summed E-state index contributed by atoms with van der Waals surface area (Å²) in [7, 11) is 0. The van der Waals surface area contributed by atoms with Crippen molar-refractivity contribution in [1.82, 2.24) is 15.8 Å². The molecule has 0 bridgehead atoms. The van der Waals surface area contributed by atoms with E-state index < -0.39 is 11.8 Å². The first kappa shape index (κ1) is 24.8. The zero-order chi connectivity index (χ0) is 23.5. The van der Waals surface area contributed by atoms with Gasteiger partial charge < -0.3 is 5.32 Å². The molecule has 3 N–H and O–H groups in total. The summed E-state index contributed by atoms with van der Waals surface area (Å²) in [5, 5.41) is 2.58. The Morgan fingerprint density at radius 2 is 1.91 bits per heavy atom. The van der Waals surface area contributed by atoms with Crippen molar-refractivity contribution in [3.63, 3.8) is 0 Å². The molecular weight excluding hydrogens is 519 g/mol. The molecule has 0 aliphatic rings. The van der Waals surface area contributed by atoms with E-state index in [-0.39, 0.29) is 3.91 Å². The van der Waals surface area contributed by atoms with E-state index in [4.69, 9.17) is 0 Å². The summed E-state index contributed by atoms with van der Waals surface area (Å²) in [6.45, 7) is 5.62. The highest BCUT2D eigenvalue weighted by molar-refractivity contribution is 14.1. The number of hydrogen-bond donors (Lipinski definition) is 3. The van der Waals surface area contributed by atoms with E-state index in [1.807, 2.05) is 19.9 Å². The molecule has 7 nitrogen and oxygen atoms in total. The van der Waals surface area contributed by atoms with Gasteiger partial charge in [0.05, 0.1) is 0 Å². The average molecular weight is 542 g/mol. The lowest BCUT2D eigenvalue weighted by Gasteiger charge is -2.09. The van der Waals surface area contributed by atoms with Gasteiger partial charge in [-0.05, 0) is 50.1 Å². The number of benzene rings is 1. The number of amides is 3. The third-order valence-corrected chi connectivity index (χ3v) is 4.50. The van der Waals surface area contributed by atoms with Crippen LogP contribution in [0.5, 0.6) is 0 Å². The molecule has 0 fully saturated rings. The van der Waals surface area contributed by atoms with Crippen molar-refractivity contribution in [3.8, 4) is 11.8 Å². The number of allylic oxidation sites excluding steroid dienone is 2. The number of hydrazine groups is 1. The van der Waals surface area contributed by atoms with Crippen molar-refractivity contribution in [3.05, 3.63) is 82.6 Å². The first-order valence-corrected chi connectivity index (χ1v) is 10.9. The van der Waals surface area contributed by atoms with Crippen LogP contribution in [0.25, 0.3) is 0 Å². The van der Waals surface area contributed by atoms with E-state index in [0.29, 0.717) is 28.1 Å². The van der Waals surface area contributed by atoms with Crippen LogP contribution in [0.15, 0.2) is 60.3 Å². The van der Waals surface area contributed by atoms with Crippen LogP contribution in [-0.2, 0) is 4.79 Å². The Bertz CT molecular complexity index is 1130. The van der Waals surface area contributed by atoms with Crippen molar-refractivity contribution in [2.45, 2.75) is 27.2 Å². The maximum absolute atomic E-state index is 12.5. The molecule has 2 aromatic rings. The van der Waals surface area contributed by atoms with Crippen LogP contribution in [0.3, 0.4) is 0 Å². The number of pyridine rings is 1. The number of carbonyl (C=O) groups excluding carboxylic acids is 3. The standard InChI is InChI=1S/C24H23IN4O3/c1-4-6-7-18(5-2)22(30)28-29-23(31)20-11-8-16(3)19(14-20)12-9-17-10-13-21(26-15-17)27-24(25)32/h5-8,10-11,13-15H,4H2,1-3H3,(H,28,30)(H,29,31)(H,26,27,32)/b7-6-,18-5+. The van der Waals surface area contributed by atoms with Gasteiger partial charge in [-0.25, -0.2) is 4.98 Å². The molecule has 32 heavy (non-hydrogen) atoms. The van der Waals surface area contributed by atoms with Gasteiger partial charge in [-0.15, -0.1) is 0 Å². The van der Waals surface area contributed by atoms with E-state index in [1.54, 1.807) is 78.2 Å². The second-order valence-electron chi connectivity index (χ2n) is 6.57. The van der Waals surface area contributed by atoms with Gasteiger partial charge in [0.2, 0.25) is 0 Å². The Labute approximate surface area is 200 Å². The summed E-state index contributed by atoms with van der Waals surface area (Å²) in [5.74, 6) is 5.63. The smallest absolute Gasteiger partial charge is 0.286 e. The molecule has 1 aromatic heterocycles. The van der Waals surface area contributed by atoms with Gasteiger partial charge >= 0.3 is 0 Å². The summed E-state index contributed by atoms with van der Waals surface area (Å²) in [6, 6.07) is 8.53. The molecule has 0 aliphatic carbocycles. The molecule has 8 heteroatoms. The van der Waals surface area contributed by atoms with Gasteiger partial charge in [0.25, 0.3) is 15.7 Å². The van der Waals surface area contributed by atoms with Crippen molar-refractivity contribution in [2.75, 3.05) is 5.32 Å². The third kappa shape index (κ3) is 7.67. The quantitative estimate of drug-likeness (QED) is 0.0991. The Kier molecular flexibility index (Phi) is 9.63. The summed E-state index contributed by atoms with van der Waals surface area (Å²) in [4.78, 5) is 39.8. The second kappa shape index (κ2) is 12.4. The van der Waals surface area contributed by atoms with Gasteiger partial charge in [0.15, 0.2) is 0 Å². The summed E-state index contributed by atoms with van der Waals surface area (Å²) in [6.07, 6.45) is 7.61. The minimum absolute atomic E-state index is 0.227. The molecule has 0 aliphatic heterocycles. The van der Waals surface area contributed by atoms with Crippen molar-refractivity contribution >= 4 is 44.1 Å². The zero-order valence-electron chi connectivity index (χ0n) is 18.0. The van der Waals surface area contributed by atoms with Crippen molar-refractivity contribution < 1.29 is 14.4 Å². The molecule has 0 saturated heterocycles. The van der Waals surface area contributed by atoms with Gasteiger partial charge in [-0.2, -0.15) is 0 Å². The van der Waals surface area contributed by atoms with Crippen LogP contribution in [-0.4, -0.2) is 20.7 Å². The van der Waals surface area contributed by atoms with Crippen LogP contribution in [0, 0.1) is 18.8 Å². The van der Waals surface area contributed by atoms with E-state index >= 15 is 0 Å². The van der Waals surface area contributed by atoms with Crippen molar-refractivity contribution in [1.29, 1.82) is 0 Å². The monoisotopic (exact) mass is 542 g/mol. The van der Waals surface area contributed by atoms with Crippen LogP contribution >= 0.6 is 22.6 Å². The van der Waals surface area contributed by atoms with E-state index in [9.17, 15) is 14.4 Å². The molecule has 164 valence electrons. The highest BCUT2D eigenvalue weighted by Gasteiger charge is 2.10. The third-order valence-electron chi connectivity index (χ3n) is 4.23. The second-order valence-corrected chi connectivity index (χ2v) is 7.55. The number of aryl methyl sites for hydroxylation is 1. The lowest BCUT2D eigenvalue weighted by molar-refractivity contribution is -0.117. The predicted molar refractivity (Wildman–Crippen MR) is 133 cm³/mol. The fourth-order valence-electron chi connectivity index (χ4n) is 2.49. The first-order chi connectivity index (χ1) is 15.3. The van der Waals surface area contributed by atoms with Crippen LogP contribution in [0.1, 0.15) is 47.3 Å². The normalized spacial score (nSPS) is 10.8. The number of nitrogens with zero attached hydrogens (tertiary/aromatic N) is 1. The molecule has 3 amide bonds. The number of rotatable bonds is 5. The lowest BCUT2D eigenvalue weighted by atomic mass is 10.0. The molecule has 1 heterocycles. The maximum Gasteiger partial charge on any atom is 0.286 e. The molecule has 0 atom stereocenters. The highest BCUT2D eigenvalue weighted by atomic mass is 127. The van der Waals surface area contributed by atoms with Gasteiger partial charge in [-0.3, -0.25) is 25.2 Å². The Balaban J connectivity index is 2.10. The van der Waals surface area contributed by atoms with E-state index in [1.165, 1.54) is 0 Å². The Morgan fingerprint density at radius 1 is 1.12 bits per heavy atom. The molecule has 0 unspecified atom stereocenters. The molecule has 1 aromatic carbocycles. The zero-order valence-corrected chi connectivity index (χ0v) is 20.1. The minimum atomic E-state index is -0.447. The van der Waals surface area contributed by atoms with Crippen molar-refractivity contribution in [2.24, 2.45) is 0 Å². The molecule has 2 rings (SSSR count). The highest BCUT2D eigenvalue weighted by Crippen LogP contribution is 2.11. The SMILES string of the molecule is C/C=C(\C=C/CC)C(=O)NNC(=O)c1ccc(C)c(C#Cc2ccc(NC(=O)I)nc2)c1. The number of carbonyl (C=O) groups is 3. The predicted octanol–water partition coefficient (Wildman–Crippen LogP) is 4.43. The largest absolute Gasteiger partial charge is 0.302 e. The number of aromatic nitrogens is 1. The van der Waals surface area contributed by atoms with Crippen LogP contribution < -0.4 is 16.2 Å². The topological polar surface area (TPSA) is 100 Å².